The molecule has 0 radical (unpaired) electrons. The van der Waals surface area contributed by atoms with Crippen molar-refractivity contribution in [3.8, 4) is 6.07 Å². The van der Waals surface area contributed by atoms with Gasteiger partial charge in [0.25, 0.3) is 0 Å². The molecule has 0 fully saturated rings. The topological polar surface area (TPSA) is 74.0 Å². The lowest BCUT2D eigenvalue weighted by Crippen LogP contribution is -2.34. The first kappa shape index (κ1) is 24.3. The second-order valence-electron chi connectivity index (χ2n) is 8.84. The summed E-state index contributed by atoms with van der Waals surface area (Å²) in [5.74, 6) is -1.87. The molecule has 1 amide bonds. The van der Waals surface area contributed by atoms with Gasteiger partial charge in [0.1, 0.15) is 11.6 Å². The van der Waals surface area contributed by atoms with Gasteiger partial charge in [0.15, 0.2) is 0 Å². The Bertz CT molecular complexity index is 1550. The summed E-state index contributed by atoms with van der Waals surface area (Å²) in [5.41, 5.74) is 4.02. The Hall–Kier alpha value is -4.42. The van der Waals surface area contributed by atoms with Crippen molar-refractivity contribution in [2.75, 3.05) is 13.1 Å². The Morgan fingerprint density at radius 1 is 1.11 bits per heavy atom. The van der Waals surface area contributed by atoms with Crippen LogP contribution in [0.2, 0.25) is 0 Å². The van der Waals surface area contributed by atoms with E-state index in [4.69, 9.17) is 0 Å². The van der Waals surface area contributed by atoms with Crippen LogP contribution in [0.15, 0.2) is 60.8 Å². The quantitative estimate of drug-likeness (QED) is 0.384. The standard InChI is InChI=1S/C28H22F3N5O/c29-21-10-18(11-22(30)14-21)2-1-8-35-9-6-26-24(17-35)23-12-19(15-32)3-4-25(23)36(26)28(37)34-16-20-5-7-33-27(31)13-20/h1-5,7,10-14H,6,8-9,16-17H2,(H,34,37). The van der Waals surface area contributed by atoms with Crippen molar-refractivity contribution in [2.45, 2.75) is 19.5 Å². The van der Waals surface area contributed by atoms with Gasteiger partial charge in [-0.2, -0.15) is 9.65 Å². The van der Waals surface area contributed by atoms with E-state index in [0.717, 1.165) is 22.7 Å². The van der Waals surface area contributed by atoms with Crippen LogP contribution < -0.4 is 5.32 Å². The Labute approximate surface area is 211 Å². The molecule has 186 valence electrons. The molecule has 4 aromatic rings. The van der Waals surface area contributed by atoms with Crippen molar-refractivity contribution in [2.24, 2.45) is 0 Å². The maximum Gasteiger partial charge on any atom is 0.326 e. The normalized spacial score (nSPS) is 13.6. The summed E-state index contributed by atoms with van der Waals surface area (Å²) in [5, 5.41) is 13.1. The molecule has 0 spiro atoms. The van der Waals surface area contributed by atoms with Gasteiger partial charge in [-0.15, -0.1) is 0 Å². The highest BCUT2D eigenvalue weighted by Crippen LogP contribution is 2.31. The number of carbonyl (C=O) groups excluding carboxylic acids is 1. The van der Waals surface area contributed by atoms with Gasteiger partial charge >= 0.3 is 6.03 Å². The van der Waals surface area contributed by atoms with Crippen LogP contribution in [-0.2, 0) is 19.5 Å². The molecule has 1 N–H and O–H groups in total. The van der Waals surface area contributed by atoms with Crippen LogP contribution in [0.25, 0.3) is 17.0 Å². The molecule has 1 aliphatic rings. The molecule has 37 heavy (non-hydrogen) atoms. The zero-order valence-corrected chi connectivity index (χ0v) is 19.7. The molecule has 2 aromatic heterocycles. The van der Waals surface area contributed by atoms with E-state index < -0.39 is 17.6 Å². The zero-order chi connectivity index (χ0) is 25.9. The van der Waals surface area contributed by atoms with Crippen LogP contribution in [0.1, 0.15) is 27.9 Å². The van der Waals surface area contributed by atoms with Gasteiger partial charge in [0.05, 0.1) is 17.1 Å². The highest BCUT2D eigenvalue weighted by molar-refractivity contribution is 5.96. The summed E-state index contributed by atoms with van der Waals surface area (Å²) in [6, 6.07) is 13.3. The van der Waals surface area contributed by atoms with Crippen LogP contribution in [0.5, 0.6) is 0 Å². The predicted molar refractivity (Wildman–Crippen MR) is 133 cm³/mol. The van der Waals surface area contributed by atoms with Crippen molar-refractivity contribution in [1.82, 2.24) is 19.8 Å². The summed E-state index contributed by atoms with van der Waals surface area (Å²) in [7, 11) is 0. The number of nitriles is 1. The van der Waals surface area contributed by atoms with E-state index in [2.05, 4.69) is 21.3 Å². The van der Waals surface area contributed by atoms with E-state index >= 15 is 0 Å². The molecular weight excluding hydrogens is 479 g/mol. The highest BCUT2D eigenvalue weighted by atomic mass is 19.1. The number of nitrogens with one attached hydrogen (secondary N) is 1. The Balaban J connectivity index is 1.39. The van der Waals surface area contributed by atoms with Crippen LogP contribution in [0.3, 0.4) is 0 Å². The van der Waals surface area contributed by atoms with Gasteiger partial charge in [-0.1, -0.05) is 12.2 Å². The maximum atomic E-state index is 13.5. The van der Waals surface area contributed by atoms with E-state index in [-0.39, 0.29) is 12.6 Å². The zero-order valence-electron chi connectivity index (χ0n) is 19.7. The average Bonchev–Trinajstić information content (AvgIpc) is 3.20. The van der Waals surface area contributed by atoms with Crippen LogP contribution in [0, 0.1) is 28.9 Å². The lowest BCUT2D eigenvalue weighted by atomic mass is 10.0. The molecular formula is C28H22F3N5O. The molecule has 0 atom stereocenters. The molecule has 0 aliphatic carbocycles. The van der Waals surface area contributed by atoms with Gasteiger partial charge in [0.2, 0.25) is 5.95 Å². The third-order valence-electron chi connectivity index (χ3n) is 6.35. The van der Waals surface area contributed by atoms with Crippen molar-refractivity contribution in [3.63, 3.8) is 0 Å². The van der Waals surface area contributed by atoms with E-state index in [1.54, 1.807) is 34.9 Å². The van der Waals surface area contributed by atoms with E-state index in [9.17, 15) is 23.2 Å². The molecule has 2 aromatic carbocycles. The molecule has 0 unspecified atom stereocenters. The number of hydrogen-bond acceptors (Lipinski definition) is 4. The van der Waals surface area contributed by atoms with Crippen molar-refractivity contribution in [3.05, 3.63) is 106 Å². The van der Waals surface area contributed by atoms with Crippen molar-refractivity contribution in [1.29, 1.82) is 5.26 Å². The number of benzene rings is 2. The number of aromatic nitrogens is 2. The number of carbonyl (C=O) groups is 1. The number of nitrogens with zero attached hydrogens (tertiary/aromatic N) is 4. The minimum atomic E-state index is -0.629. The highest BCUT2D eigenvalue weighted by Gasteiger charge is 2.26. The number of rotatable bonds is 5. The van der Waals surface area contributed by atoms with Gasteiger partial charge in [-0.3, -0.25) is 9.47 Å². The second kappa shape index (κ2) is 10.3. The van der Waals surface area contributed by atoms with E-state index in [1.807, 2.05) is 6.08 Å². The number of amides is 1. The predicted octanol–water partition coefficient (Wildman–Crippen LogP) is 5.15. The average molecular weight is 502 g/mol. The molecule has 5 rings (SSSR count). The lowest BCUT2D eigenvalue weighted by Gasteiger charge is -2.27. The molecule has 9 heteroatoms. The van der Waals surface area contributed by atoms with E-state index in [1.165, 1.54) is 24.4 Å². The summed E-state index contributed by atoms with van der Waals surface area (Å²) in [4.78, 5) is 19.0. The Kier molecular flexibility index (Phi) is 6.75. The largest absolute Gasteiger partial charge is 0.333 e. The molecule has 0 bridgehead atoms. The number of fused-ring (bicyclic) bond motifs is 3. The Morgan fingerprint density at radius 3 is 2.68 bits per heavy atom. The fourth-order valence-corrected chi connectivity index (χ4v) is 4.69. The van der Waals surface area contributed by atoms with Gasteiger partial charge in [0, 0.05) is 55.9 Å². The summed E-state index contributed by atoms with van der Waals surface area (Å²) < 4.78 is 42.0. The van der Waals surface area contributed by atoms with Gasteiger partial charge < -0.3 is 5.32 Å². The summed E-state index contributed by atoms with van der Waals surface area (Å²) in [6.45, 7) is 1.89. The van der Waals surface area contributed by atoms with Gasteiger partial charge in [-0.05, 0) is 59.2 Å². The third-order valence-corrected chi connectivity index (χ3v) is 6.35. The smallest absolute Gasteiger partial charge is 0.326 e. The second-order valence-corrected chi connectivity index (χ2v) is 8.84. The van der Waals surface area contributed by atoms with E-state index in [0.29, 0.717) is 48.3 Å². The number of pyridine rings is 1. The van der Waals surface area contributed by atoms with Crippen LogP contribution >= 0.6 is 0 Å². The summed E-state index contributed by atoms with van der Waals surface area (Å²) in [6.07, 6.45) is 5.46. The fourth-order valence-electron chi connectivity index (χ4n) is 4.69. The molecule has 0 saturated carbocycles. The maximum absolute atomic E-state index is 13.5. The minimum Gasteiger partial charge on any atom is -0.333 e. The van der Waals surface area contributed by atoms with Crippen LogP contribution in [0.4, 0.5) is 18.0 Å². The fraction of sp³-hybridized carbons (Fsp3) is 0.179. The first-order valence-corrected chi connectivity index (χ1v) is 11.7. The molecule has 0 saturated heterocycles. The molecule has 6 nitrogen and oxygen atoms in total. The van der Waals surface area contributed by atoms with Gasteiger partial charge in [-0.25, -0.2) is 18.6 Å². The Morgan fingerprint density at radius 2 is 1.92 bits per heavy atom. The SMILES string of the molecule is N#Cc1ccc2c(c1)c1c(n2C(=O)NCc2ccnc(F)c2)CCN(CC=Cc2cc(F)cc(F)c2)C1. The first-order valence-electron chi connectivity index (χ1n) is 11.7. The molecule has 3 heterocycles. The monoisotopic (exact) mass is 501 g/mol. The summed E-state index contributed by atoms with van der Waals surface area (Å²) >= 11 is 0. The number of hydrogen-bond donors (Lipinski definition) is 1. The first-order chi connectivity index (χ1) is 17.9. The lowest BCUT2D eigenvalue weighted by molar-refractivity contribution is 0.240. The van der Waals surface area contributed by atoms with Crippen molar-refractivity contribution < 1.29 is 18.0 Å². The minimum absolute atomic E-state index is 0.139. The number of halogens is 3. The molecule has 1 aliphatic heterocycles. The third kappa shape index (κ3) is 5.25. The van der Waals surface area contributed by atoms with Crippen LogP contribution in [-0.4, -0.2) is 33.6 Å². The van der Waals surface area contributed by atoms with Crippen molar-refractivity contribution >= 4 is 23.0 Å².